The molecule has 0 saturated heterocycles. The smallest absolute Gasteiger partial charge is 0.219 e. The maximum atomic E-state index is 11.0. The Hall–Kier alpha value is -2.92. The lowest BCUT2D eigenvalue weighted by Crippen LogP contribution is -2.23. The van der Waals surface area contributed by atoms with Gasteiger partial charge >= 0.3 is 0 Å². The van der Waals surface area contributed by atoms with E-state index in [1.54, 1.807) is 24.4 Å². The van der Waals surface area contributed by atoms with Gasteiger partial charge in [0.05, 0.1) is 17.2 Å². The molecule has 1 heterocycles. The number of nitrogens with two attached hydrogens (primary N) is 1. The maximum Gasteiger partial charge on any atom is 0.219 e. The number of amides is 1. The zero-order valence-corrected chi connectivity index (χ0v) is 14.0. The molecule has 8 heteroatoms. The van der Waals surface area contributed by atoms with Crippen LogP contribution < -0.4 is 10.8 Å². The number of halogens is 1. The lowest BCUT2D eigenvalue weighted by atomic mass is 10.1. The average Bonchev–Trinajstić information content (AvgIpc) is 2.93. The summed E-state index contributed by atoms with van der Waals surface area (Å²) in [5.74, 6) is -2.04. The van der Waals surface area contributed by atoms with E-state index < -0.39 is 17.4 Å². The molecule has 0 saturated carbocycles. The van der Waals surface area contributed by atoms with Gasteiger partial charge < -0.3 is 15.6 Å². The molecule has 2 aromatic rings. The number of hydrogen-bond donors (Lipinski definition) is 1. The summed E-state index contributed by atoms with van der Waals surface area (Å²) in [6.07, 6.45) is 2.84. The van der Waals surface area contributed by atoms with Crippen molar-refractivity contribution in [3.63, 3.8) is 0 Å². The van der Waals surface area contributed by atoms with Crippen molar-refractivity contribution in [3.05, 3.63) is 46.1 Å². The van der Waals surface area contributed by atoms with Crippen LogP contribution >= 0.6 is 15.9 Å². The molecule has 0 aliphatic rings. The Morgan fingerprint density at radius 1 is 1.46 bits per heavy atom. The molecule has 0 radical (unpaired) electrons. The molecule has 7 nitrogen and oxygen atoms in total. The fourth-order valence-corrected chi connectivity index (χ4v) is 2.43. The van der Waals surface area contributed by atoms with E-state index in [2.05, 4.69) is 21.0 Å². The molecule has 24 heavy (non-hydrogen) atoms. The van der Waals surface area contributed by atoms with Crippen LogP contribution in [-0.2, 0) is 16.1 Å². The third-order valence-corrected chi connectivity index (χ3v) is 3.61. The van der Waals surface area contributed by atoms with Gasteiger partial charge in [-0.2, -0.15) is 10.4 Å². The molecule has 2 N–H and O–H groups in total. The second kappa shape index (κ2) is 7.57. The van der Waals surface area contributed by atoms with Gasteiger partial charge in [-0.3, -0.25) is 9.48 Å². The van der Waals surface area contributed by atoms with Crippen LogP contribution in [0.5, 0.6) is 0 Å². The predicted octanol–water partition coefficient (Wildman–Crippen LogP) is 0.845. The molecule has 0 unspecified atom stereocenters. The number of hydrogen-bond acceptors (Lipinski definition) is 5. The van der Waals surface area contributed by atoms with E-state index >= 15 is 0 Å². The number of carboxylic acid groups (broad SMARTS) is 1. The molecule has 0 atom stereocenters. The van der Waals surface area contributed by atoms with E-state index in [9.17, 15) is 14.7 Å². The van der Waals surface area contributed by atoms with Crippen molar-refractivity contribution in [2.24, 2.45) is 5.73 Å². The van der Waals surface area contributed by atoms with Gasteiger partial charge in [0.15, 0.2) is 0 Å². The molecule has 0 spiro atoms. The number of aromatic nitrogens is 2. The number of nitrogens with zero attached hydrogens (tertiary/aromatic N) is 3. The predicted molar refractivity (Wildman–Crippen MR) is 87.8 cm³/mol. The highest BCUT2D eigenvalue weighted by atomic mass is 79.9. The van der Waals surface area contributed by atoms with E-state index in [0.717, 1.165) is 10.0 Å². The molecule has 2 rings (SSSR count). The van der Waals surface area contributed by atoms with Gasteiger partial charge in [-0.25, -0.2) is 0 Å². The van der Waals surface area contributed by atoms with Crippen molar-refractivity contribution >= 4 is 33.9 Å². The third-order valence-electron chi connectivity index (χ3n) is 3.12. The first-order valence-corrected chi connectivity index (χ1v) is 7.65. The van der Waals surface area contributed by atoms with Crippen molar-refractivity contribution in [1.29, 1.82) is 5.26 Å². The van der Waals surface area contributed by atoms with Gasteiger partial charge in [-0.05, 0) is 18.2 Å². The molecule has 0 aliphatic heterocycles. The minimum absolute atomic E-state index is 0.0916. The summed E-state index contributed by atoms with van der Waals surface area (Å²) in [4.78, 5) is 21.9. The van der Waals surface area contributed by atoms with Crippen LogP contribution in [0.1, 0.15) is 12.0 Å². The Bertz CT molecular complexity index is 864. The number of benzene rings is 1. The van der Waals surface area contributed by atoms with E-state index in [-0.39, 0.29) is 13.0 Å². The van der Waals surface area contributed by atoms with Crippen molar-refractivity contribution in [1.82, 2.24) is 9.78 Å². The molecular weight excluding hydrogens is 376 g/mol. The van der Waals surface area contributed by atoms with Gasteiger partial charge in [-0.1, -0.05) is 28.1 Å². The zero-order chi connectivity index (χ0) is 17.7. The Kier molecular flexibility index (Phi) is 5.50. The second-order valence-corrected chi connectivity index (χ2v) is 5.80. The highest BCUT2D eigenvalue weighted by Gasteiger charge is 2.12. The highest BCUT2D eigenvalue weighted by molar-refractivity contribution is 9.10. The summed E-state index contributed by atoms with van der Waals surface area (Å²) < 4.78 is 2.30. The lowest BCUT2D eigenvalue weighted by molar-refractivity contribution is -0.298. The SMILES string of the molecule is N#C/C(=C\c1cn(CCC(N)=O)nc1-c1cccc(Br)c1)C(=O)[O-]. The largest absolute Gasteiger partial charge is 0.544 e. The van der Waals surface area contributed by atoms with Crippen molar-refractivity contribution in [2.75, 3.05) is 0 Å². The Morgan fingerprint density at radius 2 is 2.21 bits per heavy atom. The number of aryl methyl sites for hydroxylation is 1. The van der Waals surface area contributed by atoms with E-state index in [0.29, 0.717) is 11.3 Å². The van der Waals surface area contributed by atoms with Crippen LogP contribution in [0.4, 0.5) is 0 Å². The molecule has 1 aromatic heterocycles. The van der Waals surface area contributed by atoms with Crippen molar-refractivity contribution in [3.8, 4) is 17.3 Å². The first-order chi connectivity index (χ1) is 11.4. The minimum Gasteiger partial charge on any atom is -0.544 e. The summed E-state index contributed by atoms with van der Waals surface area (Å²) >= 11 is 3.36. The number of primary amides is 1. The van der Waals surface area contributed by atoms with E-state index in [4.69, 9.17) is 11.0 Å². The van der Waals surface area contributed by atoms with Gasteiger partial charge in [-0.15, -0.1) is 0 Å². The standard InChI is InChI=1S/C16H13BrN4O3/c17-13-3-1-2-10(7-13)15-12(6-11(8-18)16(23)24)9-21(20-15)5-4-14(19)22/h1-3,6-7,9H,4-5H2,(H2,19,22)(H,23,24)/p-1/b11-6+. The van der Waals surface area contributed by atoms with Crippen molar-refractivity contribution in [2.45, 2.75) is 13.0 Å². The Labute approximate surface area is 146 Å². The fraction of sp³-hybridized carbons (Fsp3) is 0.125. The molecule has 1 aromatic carbocycles. The number of nitriles is 1. The quantitative estimate of drug-likeness (QED) is 0.580. The topological polar surface area (TPSA) is 125 Å². The van der Waals surface area contributed by atoms with E-state index in [1.165, 1.54) is 10.8 Å². The summed E-state index contributed by atoms with van der Waals surface area (Å²) in [6, 6.07) is 8.83. The van der Waals surface area contributed by atoms with Crippen LogP contribution in [0.2, 0.25) is 0 Å². The van der Waals surface area contributed by atoms with Gasteiger partial charge in [0.1, 0.15) is 6.07 Å². The summed E-state index contributed by atoms with van der Waals surface area (Å²) in [5.41, 5.74) is 6.25. The number of carbonyl (C=O) groups excluding carboxylic acids is 2. The van der Waals surface area contributed by atoms with Gasteiger partial charge in [0.2, 0.25) is 5.91 Å². The Balaban J connectivity index is 2.52. The maximum absolute atomic E-state index is 11.0. The summed E-state index contributed by atoms with van der Waals surface area (Å²) in [5, 5.41) is 24.2. The molecule has 1 amide bonds. The molecular formula is C16H12BrN4O3-. The van der Waals surface area contributed by atoms with Crippen LogP contribution in [-0.4, -0.2) is 21.7 Å². The first kappa shape index (κ1) is 17.4. The van der Waals surface area contributed by atoms with Gasteiger partial charge in [0.25, 0.3) is 0 Å². The highest BCUT2D eigenvalue weighted by Crippen LogP contribution is 2.26. The summed E-state index contributed by atoms with van der Waals surface area (Å²) in [7, 11) is 0. The zero-order valence-electron chi connectivity index (χ0n) is 12.4. The number of carboxylic acids is 1. The molecule has 122 valence electrons. The van der Waals surface area contributed by atoms with Crippen LogP contribution in [0.15, 0.2) is 40.5 Å². The molecule has 0 fully saturated rings. The van der Waals surface area contributed by atoms with E-state index in [1.807, 2.05) is 12.1 Å². The summed E-state index contributed by atoms with van der Waals surface area (Å²) in [6.45, 7) is 0.247. The number of carbonyl (C=O) groups is 2. The second-order valence-electron chi connectivity index (χ2n) is 4.88. The van der Waals surface area contributed by atoms with Crippen LogP contribution in [0, 0.1) is 11.3 Å². The number of rotatable bonds is 6. The Morgan fingerprint density at radius 3 is 2.79 bits per heavy atom. The monoisotopic (exact) mass is 387 g/mol. The van der Waals surface area contributed by atoms with Crippen LogP contribution in [0.3, 0.4) is 0 Å². The minimum atomic E-state index is -1.57. The fourth-order valence-electron chi connectivity index (χ4n) is 2.03. The van der Waals surface area contributed by atoms with Crippen LogP contribution in [0.25, 0.3) is 17.3 Å². The normalized spacial score (nSPS) is 11.1. The molecule has 0 bridgehead atoms. The molecule has 0 aliphatic carbocycles. The third kappa shape index (κ3) is 4.30. The van der Waals surface area contributed by atoms with Gasteiger partial charge in [0, 0.05) is 34.8 Å². The first-order valence-electron chi connectivity index (χ1n) is 6.85. The lowest BCUT2D eigenvalue weighted by Gasteiger charge is -2.02. The van der Waals surface area contributed by atoms with Crippen molar-refractivity contribution < 1.29 is 14.7 Å². The number of aliphatic carboxylic acids is 1. The average molecular weight is 388 g/mol.